The monoisotopic (exact) mass is 469 g/mol. The van der Waals surface area contributed by atoms with Gasteiger partial charge in [-0.15, -0.1) is 24.0 Å². The van der Waals surface area contributed by atoms with Crippen molar-refractivity contribution in [3.63, 3.8) is 0 Å². The summed E-state index contributed by atoms with van der Waals surface area (Å²) in [5.74, 6) is 0.734. The summed E-state index contributed by atoms with van der Waals surface area (Å²) < 4.78 is 14.4. The minimum absolute atomic E-state index is 0. The molecule has 0 aliphatic heterocycles. The Hall–Kier alpha value is -0.370. The van der Waals surface area contributed by atoms with Crippen LogP contribution in [-0.4, -0.2) is 25.1 Å². The molecule has 0 aromatic heterocycles. The molecule has 1 saturated carbocycles. The quantitative estimate of drug-likeness (QED) is 0.287. The molecule has 21 heavy (non-hydrogen) atoms. The number of guanidine groups is 1. The highest BCUT2D eigenvalue weighted by atomic mass is 127. The second-order valence-corrected chi connectivity index (χ2v) is 5.93. The van der Waals surface area contributed by atoms with Gasteiger partial charge < -0.3 is 10.6 Å². The van der Waals surface area contributed by atoms with Gasteiger partial charge in [-0.2, -0.15) is 0 Å². The second kappa shape index (κ2) is 9.61. The second-order valence-electron chi connectivity index (χ2n) is 5.02. The van der Waals surface area contributed by atoms with E-state index >= 15 is 0 Å². The van der Waals surface area contributed by atoms with Crippen LogP contribution in [0.4, 0.5) is 4.39 Å². The maximum absolute atomic E-state index is 13.6. The van der Waals surface area contributed by atoms with Gasteiger partial charge >= 0.3 is 0 Å². The Bertz CT molecular complexity index is 478. The Morgan fingerprint density at radius 3 is 2.81 bits per heavy atom. The number of benzene rings is 1. The van der Waals surface area contributed by atoms with E-state index in [2.05, 4.69) is 38.5 Å². The molecule has 3 nitrogen and oxygen atoms in total. The standard InChI is InChI=1S/C15H21BrFN3.HI/c1-2-18-15(20-13-7-8-13)19-9-3-4-11-5-6-12(16)10-14(11)17;/h5-6,10,13H,2-4,7-9H2,1H3,(H2,18,19,20);1H. The van der Waals surface area contributed by atoms with Crippen LogP contribution in [0.25, 0.3) is 0 Å². The molecule has 1 aliphatic carbocycles. The van der Waals surface area contributed by atoms with E-state index in [-0.39, 0.29) is 29.8 Å². The summed E-state index contributed by atoms with van der Waals surface area (Å²) in [6.45, 7) is 3.62. The van der Waals surface area contributed by atoms with Crippen molar-refractivity contribution in [1.29, 1.82) is 0 Å². The van der Waals surface area contributed by atoms with Crippen molar-refractivity contribution < 1.29 is 4.39 Å². The molecule has 0 bridgehead atoms. The maximum Gasteiger partial charge on any atom is 0.191 e. The summed E-state index contributed by atoms with van der Waals surface area (Å²) in [4.78, 5) is 4.52. The summed E-state index contributed by atoms with van der Waals surface area (Å²) >= 11 is 3.26. The Balaban J connectivity index is 0.00000220. The van der Waals surface area contributed by atoms with Gasteiger partial charge in [0.25, 0.3) is 0 Å². The summed E-state index contributed by atoms with van der Waals surface area (Å²) in [5, 5.41) is 6.60. The lowest BCUT2D eigenvalue weighted by molar-refractivity contribution is 0.604. The molecule has 1 fully saturated rings. The van der Waals surface area contributed by atoms with Crippen LogP contribution in [-0.2, 0) is 6.42 Å². The van der Waals surface area contributed by atoms with Crippen LogP contribution < -0.4 is 10.6 Å². The smallest absolute Gasteiger partial charge is 0.191 e. The predicted molar refractivity (Wildman–Crippen MR) is 100.0 cm³/mol. The highest BCUT2D eigenvalue weighted by molar-refractivity contribution is 14.0. The van der Waals surface area contributed by atoms with Crippen molar-refractivity contribution in [1.82, 2.24) is 10.6 Å². The lowest BCUT2D eigenvalue weighted by Gasteiger charge is -2.10. The number of halogens is 3. The van der Waals surface area contributed by atoms with Crippen molar-refractivity contribution in [2.75, 3.05) is 13.1 Å². The highest BCUT2D eigenvalue weighted by Gasteiger charge is 2.21. The van der Waals surface area contributed by atoms with Gasteiger partial charge in [0.1, 0.15) is 5.82 Å². The zero-order valence-electron chi connectivity index (χ0n) is 12.2. The zero-order valence-corrected chi connectivity index (χ0v) is 16.1. The van der Waals surface area contributed by atoms with Crippen molar-refractivity contribution in [3.8, 4) is 0 Å². The van der Waals surface area contributed by atoms with Gasteiger partial charge in [0, 0.05) is 23.6 Å². The number of aliphatic imine (C=N–C) groups is 1. The molecule has 0 saturated heterocycles. The first kappa shape index (κ1) is 18.7. The fourth-order valence-electron chi connectivity index (χ4n) is 1.93. The molecule has 2 rings (SSSR count). The molecule has 118 valence electrons. The molecule has 6 heteroatoms. The predicted octanol–water partition coefficient (Wildman–Crippen LogP) is 3.86. The van der Waals surface area contributed by atoms with E-state index < -0.39 is 0 Å². The molecule has 0 spiro atoms. The van der Waals surface area contributed by atoms with Gasteiger partial charge in [0.2, 0.25) is 0 Å². The van der Waals surface area contributed by atoms with E-state index in [4.69, 9.17) is 0 Å². The molecule has 0 radical (unpaired) electrons. The first-order valence-corrected chi connectivity index (χ1v) is 7.97. The van der Waals surface area contributed by atoms with Crippen LogP contribution in [0.1, 0.15) is 31.7 Å². The molecule has 1 aromatic carbocycles. The van der Waals surface area contributed by atoms with E-state index in [1.54, 1.807) is 0 Å². The average molecular weight is 470 g/mol. The van der Waals surface area contributed by atoms with E-state index in [1.165, 1.54) is 18.9 Å². The molecule has 1 aromatic rings. The number of rotatable bonds is 6. The molecular weight excluding hydrogens is 448 g/mol. The number of nitrogens with one attached hydrogen (secondary N) is 2. The third-order valence-electron chi connectivity index (χ3n) is 3.15. The number of hydrogen-bond donors (Lipinski definition) is 2. The number of aryl methyl sites for hydroxylation is 1. The summed E-state index contributed by atoms with van der Waals surface area (Å²) in [6.07, 6.45) is 4.02. The van der Waals surface area contributed by atoms with Crippen LogP contribution >= 0.6 is 39.9 Å². The lowest BCUT2D eigenvalue weighted by Crippen LogP contribution is -2.38. The highest BCUT2D eigenvalue weighted by Crippen LogP contribution is 2.18. The van der Waals surface area contributed by atoms with E-state index in [9.17, 15) is 4.39 Å². The number of hydrogen-bond acceptors (Lipinski definition) is 1. The Morgan fingerprint density at radius 1 is 1.43 bits per heavy atom. The van der Waals surface area contributed by atoms with Gasteiger partial charge in [-0.05, 0) is 50.3 Å². The first-order valence-electron chi connectivity index (χ1n) is 7.18. The van der Waals surface area contributed by atoms with Crippen molar-refractivity contribution in [2.45, 2.75) is 38.6 Å². The first-order chi connectivity index (χ1) is 9.69. The summed E-state index contributed by atoms with van der Waals surface area (Å²) in [7, 11) is 0. The fraction of sp³-hybridized carbons (Fsp3) is 0.533. The molecular formula is C15H22BrFIN3. The molecule has 0 heterocycles. The topological polar surface area (TPSA) is 36.4 Å². The van der Waals surface area contributed by atoms with E-state index in [1.807, 2.05) is 12.1 Å². The Kier molecular flexibility index (Phi) is 8.55. The van der Waals surface area contributed by atoms with E-state index in [0.717, 1.165) is 29.0 Å². The molecule has 1 aliphatic rings. The van der Waals surface area contributed by atoms with Gasteiger partial charge in [0.15, 0.2) is 5.96 Å². The third kappa shape index (κ3) is 6.95. The van der Waals surface area contributed by atoms with Crippen LogP contribution in [0, 0.1) is 5.82 Å². The van der Waals surface area contributed by atoms with Crippen molar-refractivity contribution >= 4 is 45.9 Å². The number of nitrogens with zero attached hydrogens (tertiary/aromatic N) is 1. The Labute approximate surface area is 151 Å². The van der Waals surface area contributed by atoms with Crippen LogP contribution in [0.5, 0.6) is 0 Å². The maximum atomic E-state index is 13.6. The average Bonchev–Trinajstić information content (AvgIpc) is 3.20. The molecule has 2 N–H and O–H groups in total. The van der Waals surface area contributed by atoms with Crippen molar-refractivity contribution in [2.24, 2.45) is 4.99 Å². The van der Waals surface area contributed by atoms with Crippen LogP contribution in [0.2, 0.25) is 0 Å². The van der Waals surface area contributed by atoms with Crippen LogP contribution in [0.3, 0.4) is 0 Å². The minimum Gasteiger partial charge on any atom is -0.357 e. The Morgan fingerprint density at radius 2 is 2.19 bits per heavy atom. The molecule has 0 amide bonds. The molecule has 0 atom stereocenters. The normalized spacial score (nSPS) is 14.5. The minimum atomic E-state index is -0.147. The zero-order chi connectivity index (χ0) is 14.4. The van der Waals surface area contributed by atoms with Gasteiger partial charge in [-0.25, -0.2) is 4.39 Å². The summed E-state index contributed by atoms with van der Waals surface area (Å²) in [6, 6.07) is 5.81. The van der Waals surface area contributed by atoms with Gasteiger partial charge in [-0.1, -0.05) is 22.0 Å². The SMILES string of the molecule is CCNC(=NCCCc1ccc(Br)cc1F)NC1CC1.I. The van der Waals surface area contributed by atoms with Gasteiger partial charge in [0.05, 0.1) is 0 Å². The lowest BCUT2D eigenvalue weighted by atomic mass is 10.1. The fourth-order valence-corrected chi connectivity index (χ4v) is 2.26. The third-order valence-corrected chi connectivity index (χ3v) is 3.64. The molecule has 0 unspecified atom stereocenters. The van der Waals surface area contributed by atoms with Gasteiger partial charge in [-0.3, -0.25) is 4.99 Å². The van der Waals surface area contributed by atoms with Crippen molar-refractivity contribution in [3.05, 3.63) is 34.1 Å². The van der Waals surface area contributed by atoms with Crippen LogP contribution in [0.15, 0.2) is 27.7 Å². The van der Waals surface area contributed by atoms with E-state index in [0.29, 0.717) is 19.0 Å². The summed E-state index contributed by atoms with van der Waals surface area (Å²) in [5.41, 5.74) is 0.753. The largest absolute Gasteiger partial charge is 0.357 e.